The van der Waals surface area contributed by atoms with Gasteiger partial charge in [-0.2, -0.15) is 0 Å². The van der Waals surface area contributed by atoms with Gasteiger partial charge in [-0.15, -0.1) is 0 Å². The zero-order chi connectivity index (χ0) is 6.85. The van der Waals surface area contributed by atoms with Gasteiger partial charge in [0.15, 0.2) is 5.05 Å². The van der Waals surface area contributed by atoms with Crippen LogP contribution in [0.5, 0.6) is 0 Å². The molecule has 50 valence electrons. The van der Waals surface area contributed by atoms with Crippen molar-refractivity contribution in [3.8, 4) is 0 Å². The van der Waals surface area contributed by atoms with Crippen molar-refractivity contribution in [2.24, 2.45) is 5.92 Å². The van der Waals surface area contributed by atoms with Gasteiger partial charge in [-0.05, 0) is 18.6 Å². The first-order chi connectivity index (χ1) is 4.24. The number of carbonyl (C=O) groups excluding carboxylic acids is 1. The molecule has 0 saturated carbocycles. The second kappa shape index (κ2) is 2.43. The lowest BCUT2D eigenvalue weighted by Crippen LogP contribution is -2.04. The van der Waals surface area contributed by atoms with Crippen LogP contribution >= 0.6 is 12.2 Å². The molecule has 1 saturated heterocycles. The van der Waals surface area contributed by atoms with Gasteiger partial charge in [0.1, 0.15) is 0 Å². The number of carbonyl (C=O) groups is 1. The summed E-state index contributed by atoms with van der Waals surface area (Å²) in [6.45, 7) is 1.96. The van der Waals surface area contributed by atoms with Crippen molar-refractivity contribution in [2.75, 3.05) is 0 Å². The lowest BCUT2D eigenvalue weighted by atomic mass is 10.1. The average molecular weight is 144 g/mol. The number of hydrogen-bond acceptors (Lipinski definition) is 3. The number of thiocarbonyl (C=S) groups is 1. The minimum Gasteiger partial charge on any atom is -0.419 e. The molecule has 1 unspecified atom stereocenters. The van der Waals surface area contributed by atoms with Crippen LogP contribution in [-0.2, 0) is 9.53 Å². The van der Waals surface area contributed by atoms with Crippen LogP contribution in [0.15, 0.2) is 0 Å². The standard InChI is InChI=1S/C6H8O2S/c1-2-4-3-5(9)8-6(4)7/h4H,2-3H2,1H3. The Morgan fingerprint density at radius 2 is 2.56 bits per heavy atom. The summed E-state index contributed by atoms with van der Waals surface area (Å²) < 4.78 is 4.66. The molecule has 1 fully saturated rings. The predicted octanol–water partition coefficient (Wildman–Crippen LogP) is 1.29. The molecular weight excluding hydrogens is 136 g/mol. The minimum atomic E-state index is -0.150. The van der Waals surface area contributed by atoms with Crippen LogP contribution in [0, 0.1) is 5.92 Å². The van der Waals surface area contributed by atoms with Gasteiger partial charge >= 0.3 is 5.97 Å². The monoisotopic (exact) mass is 144 g/mol. The Morgan fingerprint density at radius 3 is 2.78 bits per heavy atom. The van der Waals surface area contributed by atoms with Gasteiger partial charge in [0.2, 0.25) is 0 Å². The largest absolute Gasteiger partial charge is 0.419 e. The van der Waals surface area contributed by atoms with Gasteiger partial charge in [0.05, 0.1) is 5.92 Å². The van der Waals surface area contributed by atoms with Gasteiger partial charge in [-0.25, -0.2) is 0 Å². The van der Waals surface area contributed by atoms with Crippen molar-refractivity contribution in [1.29, 1.82) is 0 Å². The third kappa shape index (κ3) is 1.27. The first kappa shape index (κ1) is 6.68. The molecule has 1 aliphatic heterocycles. The van der Waals surface area contributed by atoms with Crippen molar-refractivity contribution in [3.63, 3.8) is 0 Å². The average Bonchev–Trinajstić information content (AvgIpc) is 2.10. The molecular formula is C6H8O2S. The topological polar surface area (TPSA) is 26.3 Å². The van der Waals surface area contributed by atoms with Gasteiger partial charge < -0.3 is 4.74 Å². The maximum atomic E-state index is 10.7. The fraction of sp³-hybridized carbons (Fsp3) is 0.667. The maximum Gasteiger partial charge on any atom is 0.315 e. The summed E-state index contributed by atoms with van der Waals surface area (Å²) in [5.74, 6) is -0.111. The van der Waals surface area contributed by atoms with E-state index in [4.69, 9.17) is 12.2 Å². The zero-order valence-corrected chi connectivity index (χ0v) is 6.03. The van der Waals surface area contributed by atoms with E-state index in [1.54, 1.807) is 0 Å². The summed E-state index contributed by atoms with van der Waals surface area (Å²) in [6.07, 6.45) is 1.48. The molecule has 0 aromatic heterocycles. The predicted molar refractivity (Wildman–Crippen MR) is 37.1 cm³/mol. The molecule has 0 N–H and O–H groups in total. The number of ether oxygens (including phenoxy) is 1. The second-order valence-corrected chi connectivity index (χ2v) is 2.56. The third-order valence-corrected chi connectivity index (χ3v) is 1.70. The van der Waals surface area contributed by atoms with Gasteiger partial charge in [0, 0.05) is 6.42 Å². The quantitative estimate of drug-likeness (QED) is 0.409. The summed E-state index contributed by atoms with van der Waals surface area (Å²) in [7, 11) is 0. The van der Waals surface area contributed by atoms with Crippen LogP contribution < -0.4 is 0 Å². The van der Waals surface area contributed by atoms with Gasteiger partial charge in [-0.3, -0.25) is 4.79 Å². The number of cyclic esters (lactones) is 1. The number of rotatable bonds is 1. The number of hydrogen-bond donors (Lipinski definition) is 0. The van der Waals surface area contributed by atoms with Crippen molar-refractivity contribution in [2.45, 2.75) is 19.8 Å². The Kier molecular flexibility index (Phi) is 1.81. The summed E-state index contributed by atoms with van der Waals surface area (Å²) in [5, 5.41) is 0.451. The molecule has 2 nitrogen and oxygen atoms in total. The third-order valence-electron chi connectivity index (χ3n) is 1.45. The van der Waals surface area contributed by atoms with Crippen LogP contribution in [0.25, 0.3) is 0 Å². The molecule has 1 rings (SSSR count). The van der Waals surface area contributed by atoms with Crippen LogP contribution in [0.3, 0.4) is 0 Å². The van der Waals surface area contributed by atoms with E-state index in [-0.39, 0.29) is 11.9 Å². The molecule has 9 heavy (non-hydrogen) atoms. The van der Waals surface area contributed by atoms with E-state index in [1.165, 1.54) is 0 Å². The lowest BCUT2D eigenvalue weighted by molar-refractivity contribution is -0.136. The van der Waals surface area contributed by atoms with Crippen LogP contribution in [-0.4, -0.2) is 11.0 Å². The minimum absolute atomic E-state index is 0.0394. The molecule has 1 atom stereocenters. The molecule has 0 aliphatic carbocycles. The van der Waals surface area contributed by atoms with Crippen LogP contribution in [0.1, 0.15) is 19.8 Å². The van der Waals surface area contributed by atoms with Gasteiger partial charge in [-0.1, -0.05) is 6.92 Å². The normalized spacial score (nSPS) is 26.6. The molecule has 3 heteroatoms. The van der Waals surface area contributed by atoms with Crippen molar-refractivity contribution >= 4 is 23.2 Å². The summed E-state index contributed by atoms with van der Waals surface area (Å²) in [4.78, 5) is 10.7. The van der Waals surface area contributed by atoms with E-state index < -0.39 is 0 Å². The smallest absolute Gasteiger partial charge is 0.315 e. The highest BCUT2D eigenvalue weighted by Gasteiger charge is 2.28. The van der Waals surface area contributed by atoms with Crippen molar-refractivity contribution < 1.29 is 9.53 Å². The maximum absolute atomic E-state index is 10.7. The Labute approximate surface area is 59.2 Å². The first-order valence-corrected chi connectivity index (χ1v) is 3.39. The van der Waals surface area contributed by atoms with E-state index in [2.05, 4.69) is 4.74 Å². The zero-order valence-electron chi connectivity index (χ0n) is 5.22. The lowest BCUT2D eigenvalue weighted by Gasteiger charge is -1.94. The van der Waals surface area contributed by atoms with Crippen molar-refractivity contribution in [1.82, 2.24) is 0 Å². The molecule has 1 aliphatic rings. The molecule has 1 heterocycles. The fourth-order valence-electron chi connectivity index (χ4n) is 0.833. The number of esters is 1. The van der Waals surface area contributed by atoms with Crippen LogP contribution in [0.4, 0.5) is 0 Å². The highest BCUT2D eigenvalue weighted by atomic mass is 32.1. The first-order valence-electron chi connectivity index (χ1n) is 2.98. The van der Waals surface area contributed by atoms with E-state index in [0.717, 1.165) is 6.42 Å². The molecule has 0 aromatic carbocycles. The Hall–Kier alpha value is -0.440. The molecule has 0 amide bonds. The van der Waals surface area contributed by atoms with E-state index >= 15 is 0 Å². The summed E-state index contributed by atoms with van der Waals surface area (Å²) in [6, 6.07) is 0. The van der Waals surface area contributed by atoms with Crippen molar-refractivity contribution in [3.05, 3.63) is 0 Å². The summed E-state index contributed by atoms with van der Waals surface area (Å²) >= 11 is 4.70. The van der Waals surface area contributed by atoms with E-state index in [9.17, 15) is 4.79 Å². The Morgan fingerprint density at radius 1 is 1.89 bits per heavy atom. The molecule has 0 aromatic rings. The van der Waals surface area contributed by atoms with E-state index in [1.807, 2.05) is 6.92 Å². The van der Waals surface area contributed by atoms with Gasteiger partial charge in [0.25, 0.3) is 0 Å². The van der Waals surface area contributed by atoms with E-state index in [0.29, 0.717) is 11.5 Å². The molecule has 0 radical (unpaired) electrons. The highest BCUT2D eigenvalue weighted by molar-refractivity contribution is 7.80. The molecule has 0 bridgehead atoms. The van der Waals surface area contributed by atoms with Crippen LogP contribution in [0.2, 0.25) is 0 Å². The fourth-order valence-corrected chi connectivity index (χ4v) is 1.12. The summed E-state index contributed by atoms with van der Waals surface area (Å²) in [5.41, 5.74) is 0. The highest BCUT2D eigenvalue weighted by Crippen LogP contribution is 2.19. The second-order valence-electron chi connectivity index (χ2n) is 2.10. The SMILES string of the molecule is CCC1CC(=S)OC1=O. The molecule has 0 spiro atoms. The Bertz CT molecular complexity index is 153. The Balaban J connectivity index is 2.58.